The second-order valence-electron chi connectivity index (χ2n) is 9.43. The van der Waals surface area contributed by atoms with Crippen LogP contribution < -0.4 is 5.32 Å². The summed E-state index contributed by atoms with van der Waals surface area (Å²) in [7, 11) is 0. The van der Waals surface area contributed by atoms with Crippen molar-refractivity contribution in [3.8, 4) is 0 Å². The Morgan fingerprint density at radius 2 is 2.17 bits per heavy atom. The number of nitrogens with zero attached hydrogens (tertiary/aromatic N) is 1. The molecule has 1 amide bonds. The number of fused-ring (bicyclic) bond motifs is 2. The van der Waals surface area contributed by atoms with Gasteiger partial charge in [0.2, 0.25) is 0 Å². The molecule has 3 atom stereocenters. The first kappa shape index (κ1) is 16.6. The van der Waals surface area contributed by atoms with E-state index in [0.717, 1.165) is 31.6 Å². The fourth-order valence-corrected chi connectivity index (χ4v) is 6.66. The predicted molar refractivity (Wildman–Crippen MR) is 99.7 cm³/mol. The molecule has 2 saturated heterocycles. The van der Waals surface area contributed by atoms with Gasteiger partial charge < -0.3 is 10.2 Å². The highest BCUT2D eigenvalue weighted by Crippen LogP contribution is 2.52. The van der Waals surface area contributed by atoms with E-state index in [4.69, 9.17) is 0 Å². The second-order valence-corrected chi connectivity index (χ2v) is 10.4. The lowest BCUT2D eigenvalue weighted by Gasteiger charge is -2.39. The number of rotatable bonds is 2. The summed E-state index contributed by atoms with van der Waals surface area (Å²) in [4.78, 5) is 16.7. The molecule has 3 heterocycles. The van der Waals surface area contributed by atoms with Crippen LogP contribution in [0.5, 0.6) is 0 Å². The molecule has 2 bridgehead atoms. The van der Waals surface area contributed by atoms with Gasteiger partial charge in [0.15, 0.2) is 0 Å². The third-order valence-electron chi connectivity index (χ3n) is 6.24. The summed E-state index contributed by atoms with van der Waals surface area (Å²) in [6.07, 6.45) is 6.07. The van der Waals surface area contributed by atoms with Crippen molar-refractivity contribution in [1.29, 1.82) is 0 Å². The van der Waals surface area contributed by atoms with Crippen LogP contribution in [0.4, 0.5) is 0 Å². The van der Waals surface area contributed by atoms with Crippen molar-refractivity contribution < 1.29 is 4.79 Å². The first-order chi connectivity index (χ1) is 11.4. The minimum Gasteiger partial charge on any atom is -0.335 e. The number of nitrogens with one attached hydrogen (secondary N) is 1. The largest absolute Gasteiger partial charge is 0.335 e. The zero-order valence-electron chi connectivity index (χ0n) is 15.2. The third-order valence-corrected chi connectivity index (χ3v) is 7.34. The summed E-state index contributed by atoms with van der Waals surface area (Å²) in [5.41, 5.74) is 1.60. The minimum atomic E-state index is 0.271. The zero-order valence-corrected chi connectivity index (χ0v) is 16.0. The molecule has 3 nitrogen and oxygen atoms in total. The van der Waals surface area contributed by atoms with Crippen LogP contribution in [0.2, 0.25) is 0 Å². The number of hydrogen-bond acceptors (Lipinski definition) is 3. The highest BCUT2D eigenvalue weighted by Gasteiger charge is 2.51. The van der Waals surface area contributed by atoms with E-state index in [9.17, 15) is 4.79 Å². The van der Waals surface area contributed by atoms with E-state index in [1.54, 1.807) is 11.3 Å². The van der Waals surface area contributed by atoms with Crippen molar-refractivity contribution in [3.05, 3.63) is 21.9 Å². The van der Waals surface area contributed by atoms with Crippen LogP contribution in [-0.2, 0) is 0 Å². The molecule has 132 valence electrons. The van der Waals surface area contributed by atoms with Crippen molar-refractivity contribution in [2.45, 2.75) is 64.8 Å². The van der Waals surface area contributed by atoms with E-state index in [1.165, 1.54) is 30.6 Å². The van der Waals surface area contributed by atoms with E-state index in [-0.39, 0.29) is 5.91 Å². The maximum Gasteiger partial charge on any atom is 0.254 e. The molecule has 0 radical (unpaired) electrons. The Bertz CT molecular complexity index is 631. The quantitative estimate of drug-likeness (QED) is 0.868. The molecule has 4 heteroatoms. The van der Waals surface area contributed by atoms with Crippen molar-refractivity contribution >= 4 is 17.2 Å². The van der Waals surface area contributed by atoms with Crippen molar-refractivity contribution in [1.82, 2.24) is 10.2 Å². The van der Waals surface area contributed by atoms with E-state index in [0.29, 0.717) is 22.8 Å². The lowest BCUT2D eigenvalue weighted by molar-refractivity contribution is 0.0708. The standard InChI is InChI=1S/C20H30N2OS/c1-19(2)8-16-9-20(3,12-19)13-22(16)18(23)15-7-17(24-11-15)14-5-4-6-21-10-14/h7,11,14,16,21H,4-6,8-10,12-13H2,1-3H3. The Balaban J connectivity index is 1.51. The molecule has 24 heavy (non-hydrogen) atoms. The number of carbonyl (C=O) groups excluding carboxylic acids is 1. The Labute approximate surface area is 149 Å². The number of amides is 1. The van der Waals surface area contributed by atoms with Crippen molar-refractivity contribution in [2.75, 3.05) is 19.6 Å². The molecule has 3 unspecified atom stereocenters. The molecule has 1 aromatic rings. The highest BCUT2D eigenvalue weighted by atomic mass is 32.1. The van der Waals surface area contributed by atoms with Gasteiger partial charge in [0.05, 0.1) is 5.56 Å². The molecule has 3 fully saturated rings. The molecular formula is C20H30N2OS. The predicted octanol–water partition coefficient (Wildman–Crippen LogP) is 4.26. The number of likely N-dealkylation sites (tertiary alicyclic amines) is 1. The number of piperidine rings is 1. The molecule has 0 spiro atoms. The van der Waals surface area contributed by atoms with E-state index >= 15 is 0 Å². The average Bonchev–Trinajstić information content (AvgIpc) is 3.09. The summed E-state index contributed by atoms with van der Waals surface area (Å²) in [6, 6.07) is 2.62. The second kappa shape index (κ2) is 5.84. The molecule has 0 aromatic carbocycles. The van der Waals surface area contributed by atoms with Gasteiger partial charge in [-0.2, -0.15) is 0 Å². The lowest BCUT2D eigenvalue weighted by Crippen LogP contribution is -2.37. The van der Waals surface area contributed by atoms with Gasteiger partial charge in [-0.3, -0.25) is 4.79 Å². The fraction of sp³-hybridized carbons (Fsp3) is 0.750. The topological polar surface area (TPSA) is 32.3 Å². The van der Waals surface area contributed by atoms with Gasteiger partial charge in [0, 0.05) is 35.3 Å². The normalized spacial score (nSPS) is 35.2. The van der Waals surface area contributed by atoms with Gasteiger partial charge in [-0.05, 0) is 55.5 Å². The van der Waals surface area contributed by atoms with Crippen LogP contribution in [0.1, 0.15) is 74.0 Å². The molecule has 2 aliphatic heterocycles. The third kappa shape index (κ3) is 3.03. The molecule has 3 aliphatic rings. The number of carbonyl (C=O) groups is 1. The van der Waals surface area contributed by atoms with Crippen LogP contribution in [0.3, 0.4) is 0 Å². The van der Waals surface area contributed by atoms with Gasteiger partial charge >= 0.3 is 0 Å². The monoisotopic (exact) mass is 346 g/mol. The summed E-state index contributed by atoms with van der Waals surface area (Å²) in [6.45, 7) is 10.2. The van der Waals surface area contributed by atoms with Gasteiger partial charge in [-0.15, -0.1) is 11.3 Å². The fourth-order valence-electron chi connectivity index (χ4n) is 5.64. The Hall–Kier alpha value is -0.870. The summed E-state index contributed by atoms with van der Waals surface area (Å²) < 4.78 is 0. The Morgan fingerprint density at radius 1 is 1.33 bits per heavy atom. The van der Waals surface area contributed by atoms with Gasteiger partial charge in [0.1, 0.15) is 0 Å². The van der Waals surface area contributed by atoms with Crippen LogP contribution in [0.15, 0.2) is 11.4 Å². The van der Waals surface area contributed by atoms with E-state index < -0.39 is 0 Å². The maximum absolute atomic E-state index is 13.2. The first-order valence-electron chi connectivity index (χ1n) is 9.45. The van der Waals surface area contributed by atoms with Crippen LogP contribution in [0, 0.1) is 10.8 Å². The van der Waals surface area contributed by atoms with Gasteiger partial charge in [0.25, 0.3) is 5.91 Å². The van der Waals surface area contributed by atoms with Gasteiger partial charge in [-0.25, -0.2) is 0 Å². The summed E-state index contributed by atoms with van der Waals surface area (Å²) in [5, 5.41) is 5.58. The summed E-state index contributed by atoms with van der Waals surface area (Å²) in [5.74, 6) is 0.868. The molecule has 4 rings (SSSR count). The molecular weight excluding hydrogens is 316 g/mol. The van der Waals surface area contributed by atoms with E-state index in [2.05, 4.69) is 42.4 Å². The summed E-state index contributed by atoms with van der Waals surface area (Å²) >= 11 is 1.78. The van der Waals surface area contributed by atoms with Crippen molar-refractivity contribution in [3.63, 3.8) is 0 Å². The highest BCUT2D eigenvalue weighted by molar-refractivity contribution is 7.10. The smallest absolute Gasteiger partial charge is 0.254 e. The zero-order chi connectivity index (χ0) is 16.9. The Kier molecular flexibility index (Phi) is 4.04. The lowest BCUT2D eigenvalue weighted by atomic mass is 9.65. The minimum absolute atomic E-state index is 0.271. The van der Waals surface area contributed by atoms with Crippen molar-refractivity contribution in [2.24, 2.45) is 10.8 Å². The van der Waals surface area contributed by atoms with Crippen LogP contribution >= 0.6 is 11.3 Å². The first-order valence-corrected chi connectivity index (χ1v) is 10.3. The molecule has 1 aliphatic carbocycles. The average molecular weight is 347 g/mol. The molecule has 1 saturated carbocycles. The van der Waals surface area contributed by atoms with Gasteiger partial charge in [-0.1, -0.05) is 20.8 Å². The SMILES string of the molecule is CC1(C)CC2CC(C)(CN2C(=O)c2csc(C3CCCNC3)c2)C1. The number of thiophene rings is 1. The maximum atomic E-state index is 13.2. The number of hydrogen-bond donors (Lipinski definition) is 1. The van der Waals surface area contributed by atoms with Crippen LogP contribution in [0.25, 0.3) is 0 Å². The Morgan fingerprint density at radius 3 is 2.92 bits per heavy atom. The molecule has 1 aromatic heterocycles. The molecule has 1 N–H and O–H groups in total. The van der Waals surface area contributed by atoms with E-state index in [1.807, 2.05) is 0 Å². The van der Waals surface area contributed by atoms with Crippen LogP contribution in [-0.4, -0.2) is 36.5 Å².